The normalized spacial score (nSPS) is 18.1. The van der Waals surface area contributed by atoms with Crippen molar-refractivity contribution in [1.82, 2.24) is 14.7 Å². The van der Waals surface area contributed by atoms with Gasteiger partial charge in [-0.3, -0.25) is 14.5 Å². The molecule has 31 heavy (non-hydrogen) atoms. The fraction of sp³-hybridized carbons (Fsp3) is 0.375. The predicted octanol–water partition coefficient (Wildman–Crippen LogP) is 3.15. The third-order valence-electron chi connectivity index (χ3n) is 6.34. The summed E-state index contributed by atoms with van der Waals surface area (Å²) in [5, 5.41) is 0. The highest BCUT2D eigenvalue weighted by atomic mass is 16.5. The van der Waals surface area contributed by atoms with Gasteiger partial charge >= 0.3 is 6.03 Å². The van der Waals surface area contributed by atoms with Crippen LogP contribution in [0.2, 0.25) is 0 Å². The van der Waals surface area contributed by atoms with Gasteiger partial charge in [0.15, 0.2) is 0 Å². The predicted molar refractivity (Wildman–Crippen MR) is 116 cm³/mol. The number of urea groups is 1. The fourth-order valence-corrected chi connectivity index (χ4v) is 4.60. The number of hydrogen-bond donors (Lipinski definition) is 0. The Morgan fingerprint density at radius 2 is 1.65 bits per heavy atom. The molecule has 0 atom stereocenters. The Kier molecular flexibility index (Phi) is 5.67. The van der Waals surface area contributed by atoms with Crippen LogP contribution in [0.3, 0.4) is 0 Å². The highest BCUT2D eigenvalue weighted by Crippen LogP contribution is 2.39. The zero-order valence-corrected chi connectivity index (χ0v) is 17.9. The number of para-hydroxylation sites is 1. The van der Waals surface area contributed by atoms with Crippen LogP contribution in [0.4, 0.5) is 4.79 Å². The van der Waals surface area contributed by atoms with Crippen molar-refractivity contribution in [3.8, 4) is 5.75 Å². The number of hydrogen-bond acceptors (Lipinski definition) is 4. The molecule has 0 saturated carbocycles. The summed E-state index contributed by atoms with van der Waals surface area (Å²) in [5.41, 5.74) is 0.583. The molecular weight excluding hydrogens is 394 g/mol. The lowest BCUT2D eigenvalue weighted by Gasteiger charge is -2.42. The molecule has 4 amide bonds. The SMILES string of the molecule is CCN1C(=O)N(Cc2ccccc2)C2(CCN(C(=O)c3ccccc3OC)CC2)C1=O. The van der Waals surface area contributed by atoms with Crippen molar-refractivity contribution in [2.45, 2.75) is 31.8 Å². The monoisotopic (exact) mass is 421 g/mol. The molecule has 0 aliphatic carbocycles. The van der Waals surface area contributed by atoms with Gasteiger partial charge in [0.05, 0.1) is 12.7 Å². The summed E-state index contributed by atoms with van der Waals surface area (Å²) in [6.45, 7) is 3.34. The molecule has 7 heteroatoms. The van der Waals surface area contributed by atoms with E-state index in [2.05, 4.69) is 0 Å². The van der Waals surface area contributed by atoms with Gasteiger partial charge in [-0.25, -0.2) is 4.79 Å². The summed E-state index contributed by atoms with van der Waals surface area (Å²) in [5.74, 6) is 0.258. The van der Waals surface area contributed by atoms with Gasteiger partial charge < -0.3 is 14.5 Å². The number of ether oxygens (including phenoxy) is 1. The first kappa shape index (κ1) is 20.9. The van der Waals surface area contributed by atoms with Gasteiger partial charge in [-0.1, -0.05) is 42.5 Å². The van der Waals surface area contributed by atoms with E-state index in [1.54, 1.807) is 35.1 Å². The van der Waals surface area contributed by atoms with Crippen molar-refractivity contribution in [3.63, 3.8) is 0 Å². The Hall–Kier alpha value is -3.35. The molecule has 0 bridgehead atoms. The van der Waals surface area contributed by atoms with Gasteiger partial charge in [0.25, 0.3) is 11.8 Å². The number of benzene rings is 2. The van der Waals surface area contributed by atoms with Gasteiger partial charge in [0, 0.05) is 26.2 Å². The maximum Gasteiger partial charge on any atom is 0.327 e. The van der Waals surface area contributed by atoms with Crippen LogP contribution >= 0.6 is 0 Å². The van der Waals surface area contributed by atoms with Gasteiger partial charge in [-0.2, -0.15) is 0 Å². The van der Waals surface area contributed by atoms with E-state index in [0.717, 1.165) is 5.56 Å². The highest BCUT2D eigenvalue weighted by molar-refractivity contribution is 6.07. The minimum atomic E-state index is -0.902. The van der Waals surface area contributed by atoms with Crippen LogP contribution in [-0.2, 0) is 11.3 Å². The Balaban J connectivity index is 1.57. The molecule has 7 nitrogen and oxygen atoms in total. The number of likely N-dealkylation sites (tertiary alicyclic amines) is 1. The summed E-state index contributed by atoms with van der Waals surface area (Å²) in [7, 11) is 1.54. The second-order valence-electron chi connectivity index (χ2n) is 7.93. The van der Waals surface area contributed by atoms with Crippen molar-refractivity contribution in [2.24, 2.45) is 0 Å². The number of rotatable bonds is 5. The first-order chi connectivity index (χ1) is 15.0. The van der Waals surface area contributed by atoms with Crippen LogP contribution in [0.15, 0.2) is 54.6 Å². The van der Waals surface area contributed by atoms with E-state index >= 15 is 0 Å². The molecule has 0 radical (unpaired) electrons. The van der Waals surface area contributed by atoms with Crippen LogP contribution in [0.5, 0.6) is 5.75 Å². The Morgan fingerprint density at radius 1 is 1.00 bits per heavy atom. The van der Waals surface area contributed by atoms with E-state index in [9.17, 15) is 14.4 Å². The summed E-state index contributed by atoms with van der Waals surface area (Å²) < 4.78 is 5.33. The lowest BCUT2D eigenvalue weighted by atomic mass is 9.85. The van der Waals surface area contributed by atoms with Crippen LogP contribution < -0.4 is 4.74 Å². The van der Waals surface area contributed by atoms with Crippen LogP contribution in [0.1, 0.15) is 35.7 Å². The summed E-state index contributed by atoms with van der Waals surface area (Å²) >= 11 is 0. The molecule has 1 spiro atoms. The largest absolute Gasteiger partial charge is 0.496 e. The average Bonchev–Trinajstić information content (AvgIpc) is 3.00. The molecule has 2 saturated heterocycles. The molecule has 0 unspecified atom stereocenters. The highest BCUT2D eigenvalue weighted by Gasteiger charge is 2.57. The van der Waals surface area contributed by atoms with E-state index in [1.807, 2.05) is 43.3 Å². The van der Waals surface area contributed by atoms with Gasteiger partial charge in [-0.05, 0) is 37.5 Å². The van der Waals surface area contributed by atoms with Crippen LogP contribution in [0, 0.1) is 0 Å². The number of imide groups is 1. The minimum absolute atomic E-state index is 0.119. The zero-order valence-electron chi connectivity index (χ0n) is 17.9. The smallest absolute Gasteiger partial charge is 0.327 e. The second-order valence-corrected chi connectivity index (χ2v) is 7.93. The lowest BCUT2D eigenvalue weighted by Crippen LogP contribution is -2.57. The number of nitrogens with zero attached hydrogens (tertiary/aromatic N) is 3. The zero-order chi connectivity index (χ0) is 22.0. The fourth-order valence-electron chi connectivity index (χ4n) is 4.60. The van der Waals surface area contributed by atoms with Gasteiger partial charge in [-0.15, -0.1) is 0 Å². The number of methoxy groups -OCH3 is 1. The Labute approximate surface area is 182 Å². The van der Waals surface area contributed by atoms with Crippen LogP contribution in [-0.4, -0.2) is 64.8 Å². The van der Waals surface area contributed by atoms with Crippen LogP contribution in [0.25, 0.3) is 0 Å². The summed E-state index contributed by atoms with van der Waals surface area (Å²) in [4.78, 5) is 44.3. The standard InChI is InChI=1S/C24H27N3O4/c1-3-26-22(29)24(27(23(26)30)17-18-9-5-4-6-10-18)13-15-25(16-14-24)21(28)19-11-7-8-12-20(19)31-2/h4-12H,3,13-17H2,1-2H3. The van der Waals surface area contributed by atoms with Crippen molar-refractivity contribution in [1.29, 1.82) is 0 Å². The summed E-state index contributed by atoms with van der Waals surface area (Å²) in [6.07, 6.45) is 0.837. The van der Waals surface area contributed by atoms with E-state index in [-0.39, 0.29) is 17.8 Å². The molecule has 2 fully saturated rings. The van der Waals surface area contributed by atoms with Crippen molar-refractivity contribution in [3.05, 3.63) is 65.7 Å². The molecule has 162 valence electrons. The number of carbonyl (C=O) groups is 3. The molecular formula is C24H27N3O4. The minimum Gasteiger partial charge on any atom is -0.496 e. The van der Waals surface area contributed by atoms with Crippen molar-refractivity contribution >= 4 is 17.8 Å². The number of likely N-dealkylation sites (N-methyl/N-ethyl adjacent to an activating group) is 1. The Morgan fingerprint density at radius 3 is 2.29 bits per heavy atom. The average molecular weight is 421 g/mol. The van der Waals surface area contributed by atoms with E-state index in [4.69, 9.17) is 4.74 Å². The summed E-state index contributed by atoms with van der Waals surface area (Å²) in [6, 6.07) is 16.6. The van der Waals surface area contributed by atoms with Gasteiger partial charge in [0.1, 0.15) is 11.3 Å². The number of carbonyl (C=O) groups excluding carboxylic acids is 3. The first-order valence-electron chi connectivity index (χ1n) is 10.6. The molecule has 0 aromatic heterocycles. The number of piperidine rings is 1. The maximum atomic E-state index is 13.3. The molecule has 2 aliphatic heterocycles. The lowest BCUT2D eigenvalue weighted by molar-refractivity contribution is -0.135. The molecule has 2 heterocycles. The molecule has 2 aromatic rings. The van der Waals surface area contributed by atoms with Gasteiger partial charge in [0.2, 0.25) is 0 Å². The molecule has 2 aromatic carbocycles. The third-order valence-corrected chi connectivity index (χ3v) is 6.34. The molecule has 2 aliphatic rings. The third kappa shape index (κ3) is 3.54. The molecule has 4 rings (SSSR count). The number of amides is 4. The second kappa shape index (κ2) is 8.41. The maximum absolute atomic E-state index is 13.3. The topological polar surface area (TPSA) is 70.2 Å². The van der Waals surface area contributed by atoms with Crippen molar-refractivity contribution in [2.75, 3.05) is 26.7 Å². The molecule has 0 N–H and O–H groups in total. The quantitative estimate of drug-likeness (QED) is 0.696. The first-order valence-corrected chi connectivity index (χ1v) is 10.6. The van der Waals surface area contributed by atoms with Crippen molar-refractivity contribution < 1.29 is 19.1 Å². The van der Waals surface area contributed by atoms with E-state index in [0.29, 0.717) is 50.3 Å². The Bertz CT molecular complexity index is 983. The van der Waals surface area contributed by atoms with E-state index in [1.165, 1.54) is 4.90 Å². The van der Waals surface area contributed by atoms with E-state index < -0.39 is 5.54 Å².